The van der Waals surface area contributed by atoms with E-state index in [1.807, 2.05) is 7.05 Å². The Morgan fingerprint density at radius 2 is 2.57 bits per heavy atom. The minimum atomic E-state index is 0.757. The summed E-state index contributed by atoms with van der Waals surface area (Å²) >= 11 is 3.15. The number of nitrogens with zero attached hydrogens (tertiary/aromatic N) is 3. The van der Waals surface area contributed by atoms with Crippen LogP contribution < -0.4 is 0 Å². The monoisotopic (exact) mass is 161 g/mol. The molecule has 3 nitrogen and oxygen atoms in total. The SMILES string of the molecule is Cn1cnnc1Br. The van der Waals surface area contributed by atoms with Gasteiger partial charge in [-0.25, -0.2) is 0 Å². The lowest BCUT2D eigenvalue weighted by molar-refractivity contribution is 0.880. The first-order valence-corrected chi connectivity index (χ1v) is 2.59. The number of aromatic nitrogens is 3. The maximum absolute atomic E-state index is 3.65. The van der Waals surface area contributed by atoms with Gasteiger partial charge in [0, 0.05) is 7.05 Å². The summed E-state index contributed by atoms with van der Waals surface area (Å²) in [6.07, 6.45) is 1.63. The van der Waals surface area contributed by atoms with Crippen molar-refractivity contribution in [3.8, 4) is 0 Å². The van der Waals surface area contributed by atoms with Gasteiger partial charge in [-0.3, -0.25) is 0 Å². The topological polar surface area (TPSA) is 30.7 Å². The van der Waals surface area contributed by atoms with Crippen molar-refractivity contribution >= 4 is 15.9 Å². The molecule has 1 rings (SSSR count). The molecule has 0 aromatic carbocycles. The molecule has 0 fully saturated rings. The molecule has 0 saturated heterocycles. The van der Waals surface area contributed by atoms with Gasteiger partial charge < -0.3 is 4.57 Å². The highest BCUT2D eigenvalue weighted by atomic mass is 79.9. The van der Waals surface area contributed by atoms with Gasteiger partial charge in [0.1, 0.15) is 6.33 Å². The summed E-state index contributed by atoms with van der Waals surface area (Å²) in [7, 11) is 1.87. The summed E-state index contributed by atoms with van der Waals surface area (Å²) in [4.78, 5) is 0. The summed E-state index contributed by atoms with van der Waals surface area (Å²) < 4.78 is 2.53. The summed E-state index contributed by atoms with van der Waals surface area (Å²) in [5.74, 6) is 0. The summed E-state index contributed by atoms with van der Waals surface area (Å²) in [6, 6.07) is 0. The van der Waals surface area contributed by atoms with Gasteiger partial charge in [0.15, 0.2) is 4.73 Å². The Hall–Kier alpha value is -0.380. The van der Waals surface area contributed by atoms with Crippen molar-refractivity contribution < 1.29 is 0 Å². The second kappa shape index (κ2) is 1.61. The molecule has 0 atom stereocenters. The van der Waals surface area contributed by atoms with E-state index in [9.17, 15) is 0 Å². The smallest absolute Gasteiger partial charge is 0.199 e. The normalized spacial score (nSPS) is 9.43. The van der Waals surface area contributed by atoms with Crippen LogP contribution in [0.4, 0.5) is 0 Å². The van der Waals surface area contributed by atoms with Crippen LogP contribution in [0.15, 0.2) is 11.1 Å². The minimum Gasteiger partial charge on any atom is -0.311 e. The number of aryl methyl sites for hydroxylation is 1. The van der Waals surface area contributed by atoms with Gasteiger partial charge in [-0.1, -0.05) is 0 Å². The zero-order valence-corrected chi connectivity index (χ0v) is 5.38. The molecule has 1 heterocycles. The van der Waals surface area contributed by atoms with Crippen LogP contribution in [-0.4, -0.2) is 14.8 Å². The first kappa shape index (κ1) is 4.77. The van der Waals surface area contributed by atoms with E-state index in [4.69, 9.17) is 0 Å². The van der Waals surface area contributed by atoms with Gasteiger partial charge >= 0.3 is 0 Å². The second-order valence-corrected chi connectivity index (χ2v) is 1.92. The molecule has 0 amide bonds. The molecule has 1 aromatic heterocycles. The Balaban J connectivity index is 3.12. The number of rotatable bonds is 0. The van der Waals surface area contributed by atoms with Crippen LogP contribution in [0.25, 0.3) is 0 Å². The maximum atomic E-state index is 3.65. The molecule has 0 aliphatic carbocycles. The highest BCUT2D eigenvalue weighted by Crippen LogP contribution is 1.98. The molecule has 38 valence electrons. The molecule has 1 aromatic rings. The third-order valence-corrected chi connectivity index (χ3v) is 1.37. The Morgan fingerprint density at radius 1 is 1.86 bits per heavy atom. The predicted octanol–water partition coefficient (Wildman–Crippen LogP) is 0.578. The van der Waals surface area contributed by atoms with Crippen LogP contribution in [0.2, 0.25) is 0 Å². The third kappa shape index (κ3) is 0.796. The molecule has 0 unspecified atom stereocenters. The lowest BCUT2D eigenvalue weighted by atomic mass is 11.1. The predicted molar refractivity (Wildman–Crippen MR) is 28.7 cm³/mol. The molecule has 0 N–H and O–H groups in total. The van der Waals surface area contributed by atoms with Crippen molar-refractivity contribution in [3.05, 3.63) is 11.1 Å². The fraction of sp³-hybridized carbons (Fsp3) is 0.333. The first-order valence-electron chi connectivity index (χ1n) is 1.80. The molecule has 0 spiro atoms. The zero-order valence-electron chi connectivity index (χ0n) is 3.80. The number of hydrogen-bond donors (Lipinski definition) is 0. The van der Waals surface area contributed by atoms with Crippen LogP contribution in [0.1, 0.15) is 0 Å². The van der Waals surface area contributed by atoms with Gasteiger partial charge in [-0.05, 0) is 15.9 Å². The van der Waals surface area contributed by atoms with Gasteiger partial charge in [0.05, 0.1) is 0 Å². The summed E-state index contributed by atoms with van der Waals surface area (Å²) in [6.45, 7) is 0. The van der Waals surface area contributed by atoms with E-state index in [1.54, 1.807) is 10.9 Å². The summed E-state index contributed by atoms with van der Waals surface area (Å²) in [5.41, 5.74) is 0. The Kier molecular flexibility index (Phi) is 1.10. The van der Waals surface area contributed by atoms with E-state index < -0.39 is 0 Å². The van der Waals surface area contributed by atoms with Gasteiger partial charge in [-0.2, -0.15) is 0 Å². The highest BCUT2D eigenvalue weighted by Gasteiger charge is 1.88. The van der Waals surface area contributed by atoms with Gasteiger partial charge in [0.2, 0.25) is 0 Å². The van der Waals surface area contributed by atoms with E-state index in [0.717, 1.165) is 4.73 Å². The molecule has 0 bridgehead atoms. The van der Waals surface area contributed by atoms with E-state index in [1.165, 1.54) is 0 Å². The van der Waals surface area contributed by atoms with Crippen molar-refractivity contribution in [1.29, 1.82) is 0 Å². The second-order valence-electron chi connectivity index (χ2n) is 1.21. The Bertz CT molecular complexity index is 142. The highest BCUT2D eigenvalue weighted by molar-refractivity contribution is 9.10. The van der Waals surface area contributed by atoms with Crippen LogP contribution in [-0.2, 0) is 7.05 Å². The lowest BCUT2D eigenvalue weighted by Crippen LogP contribution is -1.82. The molecule has 4 heteroatoms. The zero-order chi connectivity index (χ0) is 5.28. The van der Waals surface area contributed by atoms with E-state index >= 15 is 0 Å². The molecule has 0 radical (unpaired) electrons. The largest absolute Gasteiger partial charge is 0.311 e. The lowest BCUT2D eigenvalue weighted by Gasteiger charge is -1.82. The van der Waals surface area contributed by atoms with Gasteiger partial charge in [0.25, 0.3) is 0 Å². The van der Waals surface area contributed by atoms with Crippen LogP contribution in [0.3, 0.4) is 0 Å². The molecule has 7 heavy (non-hydrogen) atoms. The average Bonchev–Trinajstić information content (AvgIpc) is 1.91. The van der Waals surface area contributed by atoms with Crippen LogP contribution in [0.5, 0.6) is 0 Å². The molecule has 0 aliphatic rings. The fourth-order valence-corrected chi connectivity index (χ4v) is 0.452. The van der Waals surface area contributed by atoms with Crippen LogP contribution >= 0.6 is 15.9 Å². The average molecular weight is 162 g/mol. The number of halogens is 1. The third-order valence-electron chi connectivity index (χ3n) is 0.656. The molecular formula is C3H4BrN3. The van der Waals surface area contributed by atoms with Gasteiger partial charge in [-0.15, -0.1) is 10.2 Å². The van der Waals surface area contributed by atoms with E-state index in [-0.39, 0.29) is 0 Å². The fourth-order valence-electron chi connectivity index (χ4n) is 0.269. The first-order chi connectivity index (χ1) is 3.30. The van der Waals surface area contributed by atoms with E-state index in [0.29, 0.717) is 0 Å². The minimum absolute atomic E-state index is 0.757. The molecule has 0 aliphatic heterocycles. The maximum Gasteiger partial charge on any atom is 0.199 e. The van der Waals surface area contributed by atoms with Crippen molar-refractivity contribution in [2.45, 2.75) is 0 Å². The quantitative estimate of drug-likeness (QED) is 0.558. The Labute approximate surface area is 49.5 Å². The summed E-state index contributed by atoms with van der Waals surface area (Å²) in [5, 5.41) is 7.23. The molecule has 0 saturated carbocycles. The van der Waals surface area contributed by atoms with E-state index in [2.05, 4.69) is 26.1 Å². The van der Waals surface area contributed by atoms with Crippen molar-refractivity contribution in [2.24, 2.45) is 7.05 Å². The standard InChI is InChI=1S/C3H4BrN3/c1-7-2-5-6-3(7)4/h2H,1H3. The van der Waals surface area contributed by atoms with Crippen LogP contribution in [0, 0.1) is 0 Å². The number of hydrogen-bond acceptors (Lipinski definition) is 2. The molecular weight excluding hydrogens is 158 g/mol. The van der Waals surface area contributed by atoms with Crippen molar-refractivity contribution in [2.75, 3.05) is 0 Å². The Morgan fingerprint density at radius 3 is 2.71 bits per heavy atom. The van der Waals surface area contributed by atoms with Crippen molar-refractivity contribution in [1.82, 2.24) is 14.8 Å². The van der Waals surface area contributed by atoms with Crippen molar-refractivity contribution in [3.63, 3.8) is 0 Å².